The van der Waals surface area contributed by atoms with Crippen molar-refractivity contribution in [3.05, 3.63) is 96.6 Å². The van der Waals surface area contributed by atoms with Gasteiger partial charge >= 0.3 is 0 Å². The Labute approximate surface area is 204 Å². The molecule has 6 nitrogen and oxygen atoms in total. The number of rotatable bonds is 6. The van der Waals surface area contributed by atoms with Crippen LogP contribution in [0.15, 0.2) is 111 Å². The normalized spacial score (nSPS) is 11.7. The average molecular weight is 459 g/mol. The topological polar surface area (TPSA) is 87.5 Å². The number of anilines is 2. The van der Waals surface area contributed by atoms with Gasteiger partial charge in [-0.2, -0.15) is 10.2 Å². The maximum absolute atomic E-state index is 6.44. The Hall–Kier alpha value is -4.58. The molecular weight excluding hydrogens is 432 g/mol. The standard InChI is InChI=1S/C29H26N6/c1-3-31-28-26(34-32-24-14-12-20-8-4-6-10-22(20)17-24)16-19(2)27(30)29(28)35-33-25-15-13-21-9-5-7-11-23(21)18-25/h4-18,31H,3,30H2,1-2H3. The van der Waals surface area contributed by atoms with Gasteiger partial charge in [-0.1, -0.05) is 60.7 Å². The fraction of sp³-hybridized carbons (Fsp3) is 0.103. The Morgan fingerprint density at radius 1 is 0.657 bits per heavy atom. The fourth-order valence-electron chi connectivity index (χ4n) is 4.03. The minimum absolute atomic E-state index is 0.562. The van der Waals surface area contributed by atoms with Gasteiger partial charge < -0.3 is 11.1 Å². The number of fused-ring (bicyclic) bond motifs is 2. The van der Waals surface area contributed by atoms with E-state index in [1.807, 2.05) is 80.6 Å². The van der Waals surface area contributed by atoms with Gasteiger partial charge in [0.05, 0.1) is 22.7 Å². The molecule has 0 aromatic heterocycles. The lowest BCUT2D eigenvalue weighted by Gasteiger charge is -2.14. The van der Waals surface area contributed by atoms with Crippen LogP contribution in [0.5, 0.6) is 0 Å². The van der Waals surface area contributed by atoms with Crippen LogP contribution in [-0.2, 0) is 0 Å². The number of hydrogen-bond acceptors (Lipinski definition) is 6. The van der Waals surface area contributed by atoms with E-state index in [1.54, 1.807) is 0 Å². The third-order valence-electron chi connectivity index (χ3n) is 5.88. The molecule has 0 aliphatic rings. The number of nitrogen functional groups attached to an aromatic ring is 1. The molecule has 0 unspecified atom stereocenters. The summed E-state index contributed by atoms with van der Waals surface area (Å²) in [5, 5.41) is 26.0. The van der Waals surface area contributed by atoms with E-state index in [9.17, 15) is 0 Å². The summed E-state index contributed by atoms with van der Waals surface area (Å²) >= 11 is 0. The highest BCUT2D eigenvalue weighted by atomic mass is 15.2. The SMILES string of the molecule is CCNc1c(N=Nc2ccc3ccccc3c2)cc(C)c(N)c1N=Nc1ccc2ccccc2c1. The molecule has 0 fully saturated rings. The number of aryl methyl sites for hydroxylation is 1. The molecule has 0 heterocycles. The van der Waals surface area contributed by atoms with E-state index in [4.69, 9.17) is 5.73 Å². The molecule has 6 heteroatoms. The second kappa shape index (κ2) is 9.73. The van der Waals surface area contributed by atoms with Crippen molar-refractivity contribution in [1.82, 2.24) is 0 Å². The Kier molecular flexibility index (Phi) is 6.18. The van der Waals surface area contributed by atoms with E-state index in [0.717, 1.165) is 33.1 Å². The highest BCUT2D eigenvalue weighted by Crippen LogP contribution is 2.43. The summed E-state index contributed by atoms with van der Waals surface area (Å²) in [5.41, 5.74) is 11.3. The summed E-state index contributed by atoms with van der Waals surface area (Å²) < 4.78 is 0. The average Bonchev–Trinajstić information content (AvgIpc) is 2.89. The first kappa shape index (κ1) is 22.2. The summed E-state index contributed by atoms with van der Waals surface area (Å²) in [4.78, 5) is 0. The lowest BCUT2D eigenvalue weighted by atomic mass is 10.1. The molecule has 0 saturated heterocycles. The molecule has 0 aliphatic heterocycles. The van der Waals surface area contributed by atoms with Gasteiger partial charge in [0.15, 0.2) is 0 Å². The van der Waals surface area contributed by atoms with E-state index in [2.05, 4.69) is 50.0 Å². The van der Waals surface area contributed by atoms with Gasteiger partial charge in [-0.15, -0.1) is 10.2 Å². The molecule has 5 aromatic rings. The van der Waals surface area contributed by atoms with Crippen LogP contribution < -0.4 is 11.1 Å². The second-order valence-electron chi connectivity index (χ2n) is 8.34. The zero-order chi connectivity index (χ0) is 24.2. The number of azo groups is 2. The summed E-state index contributed by atoms with van der Waals surface area (Å²) in [7, 11) is 0. The number of benzene rings is 5. The van der Waals surface area contributed by atoms with Crippen LogP contribution in [-0.4, -0.2) is 6.54 Å². The van der Waals surface area contributed by atoms with Crippen molar-refractivity contribution in [2.24, 2.45) is 20.5 Å². The predicted octanol–water partition coefficient (Wildman–Crippen LogP) is 9.15. The highest BCUT2D eigenvalue weighted by molar-refractivity contribution is 5.89. The van der Waals surface area contributed by atoms with E-state index < -0.39 is 0 Å². The van der Waals surface area contributed by atoms with Gasteiger partial charge in [-0.05, 0) is 71.3 Å². The Morgan fingerprint density at radius 3 is 1.77 bits per heavy atom. The fourth-order valence-corrected chi connectivity index (χ4v) is 4.03. The van der Waals surface area contributed by atoms with Gasteiger partial charge in [-0.25, -0.2) is 0 Å². The Bertz CT molecular complexity index is 1590. The van der Waals surface area contributed by atoms with E-state index in [-0.39, 0.29) is 0 Å². The van der Waals surface area contributed by atoms with Gasteiger partial charge in [0.25, 0.3) is 0 Å². The molecule has 172 valence electrons. The molecule has 35 heavy (non-hydrogen) atoms. The van der Waals surface area contributed by atoms with Crippen LogP contribution in [0.2, 0.25) is 0 Å². The van der Waals surface area contributed by atoms with Crippen LogP contribution in [0, 0.1) is 6.92 Å². The lowest BCUT2D eigenvalue weighted by molar-refractivity contribution is 1.16. The Balaban J connectivity index is 1.53. The van der Waals surface area contributed by atoms with Crippen molar-refractivity contribution in [3.63, 3.8) is 0 Å². The predicted molar refractivity (Wildman–Crippen MR) is 146 cm³/mol. The van der Waals surface area contributed by atoms with Crippen molar-refractivity contribution in [3.8, 4) is 0 Å². The summed E-state index contributed by atoms with van der Waals surface area (Å²) in [6.45, 7) is 4.64. The van der Waals surface area contributed by atoms with Crippen molar-refractivity contribution in [1.29, 1.82) is 0 Å². The molecule has 0 saturated carbocycles. The number of hydrogen-bond donors (Lipinski definition) is 2. The van der Waals surface area contributed by atoms with Crippen molar-refractivity contribution < 1.29 is 0 Å². The van der Waals surface area contributed by atoms with Crippen LogP contribution in [0.25, 0.3) is 21.5 Å². The maximum Gasteiger partial charge on any atom is 0.134 e. The van der Waals surface area contributed by atoms with Gasteiger partial charge in [0.1, 0.15) is 11.4 Å². The van der Waals surface area contributed by atoms with Gasteiger partial charge in [0.2, 0.25) is 0 Å². The van der Waals surface area contributed by atoms with E-state index in [1.165, 1.54) is 5.39 Å². The monoisotopic (exact) mass is 458 g/mol. The zero-order valence-electron chi connectivity index (χ0n) is 19.7. The smallest absolute Gasteiger partial charge is 0.134 e. The van der Waals surface area contributed by atoms with Crippen molar-refractivity contribution in [2.45, 2.75) is 13.8 Å². The number of nitrogens with one attached hydrogen (secondary N) is 1. The molecule has 5 aromatic carbocycles. The summed E-state index contributed by atoms with van der Waals surface area (Å²) in [6.07, 6.45) is 0. The second-order valence-corrected chi connectivity index (χ2v) is 8.34. The molecule has 0 aliphatic carbocycles. The number of nitrogens with two attached hydrogens (primary N) is 1. The molecular formula is C29H26N6. The molecule has 0 atom stereocenters. The van der Waals surface area contributed by atoms with Crippen LogP contribution in [0.1, 0.15) is 12.5 Å². The molecule has 3 N–H and O–H groups in total. The van der Waals surface area contributed by atoms with Crippen LogP contribution >= 0.6 is 0 Å². The van der Waals surface area contributed by atoms with Gasteiger partial charge in [0, 0.05) is 6.54 Å². The molecule has 0 radical (unpaired) electrons. The quantitative estimate of drug-likeness (QED) is 0.196. The first-order valence-electron chi connectivity index (χ1n) is 11.6. The van der Waals surface area contributed by atoms with E-state index >= 15 is 0 Å². The minimum Gasteiger partial charge on any atom is -0.397 e. The molecule has 5 rings (SSSR count). The third-order valence-corrected chi connectivity index (χ3v) is 5.88. The molecule has 0 amide bonds. The summed E-state index contributed by atoms with van der Waals surface area (Å²) in [6, 6.07) is 30.3. The lowest BCUT2D eigenvalue weighted by Crippen LogP contribution is -2.00. The zero-order valence-corrected chi connectivity index (χ0v) is 19.7. The minimum atomic E-state index is 0.562. The third kappa shape index (κ3) is 4.73. The van der Waals surface area contributed by atoms with Crippen LogP contribution in [0.3, 0.4) is 0 Å². The highest BCUT2D eigenvalue weighted by Gasteiger charge is 2.15. The van der Waals surface area contributed by atoms with Gasteiger partial charge in [-0.3, -0.25) is 0 Å². The number of nitrogens with zero attached hydrogens (tertiary/aromatic N) is 4. The Morgan fingerprint density at radius 2 is 1.20 bits per heavy atom. The molecule has 0 spiro atoms. The van der Waals surface area contributed by atoms with Crippen molar-refractivity contribution >= 4 is 55.7 Å². The summed E-state index contributed by atoms with van der Waals surface area (Å²) in [5.74, 6) is 0. The first-order valence-corrected chi connectivity index (χ1v) is 11.6. The molecule has 0 bridgehead atoms. The van der Waals surface area contributed by atoms with Crippen molar-refractivity contribution in [2.75, 3.05) is 17.6 Å². The van der Waals surface area contributed by atoms with E-state index in [0.29, 0.717) is 29.3 Å². The maximum atomic E-state index is 6.44. The largest absolute Gasteiger partial charge is 0.397 e. The first-order chi connectivity index (χ1) is 17.1. The van der Waals surface area contributed by atoms with Crippen LogP contribution in [0.4, 0.5) is 34.1 Å².